The van der Waals surface area contributed by atoms with Gasteiger partial charge in [-0.1, -0.05) is 15.9 Å². The lowest BCUT2D eigenvalue weighted by atomic mass is 10.2. The van der Waals surface area contributed by atoms with Gasteiger partial charge in [0.05, 0.1) is 5.56 Å². The van der Waals surface area contributed by atoms with Crippen LogP contribution in [0.5, 0.6) is 0 Å². The Labute approximate surface area is 124 Å². The number of amides is 1. The minimum atomic E-state index is -0.849. The standard InChI is InChI=1S/C14H15BrFNO3/c1-8(9-2-3-9)17-13(18)7-20-14(19)11-6-10(15)4-5-12(11)16/h4-6,8-9H,2-3,7H2,1H3,(H,17,18)/t8-/m0/s1. The Morgan fingerprint density at radius 2 is 2.20 bits per heavy atom. The number of nitrogens with one attached hydrogen (secondary N) is 1. The molecule has 1 fully saturated rings. The van der Waals surface area contributed by atoms with Gasteiger partial charge in [0.1, 0.15) is 5.82 Å². The number of benzene rings is 1. The molecule has 20 heavy (non-hydrogen) atoms. The Kier molecular flexibility index (Phi) is 4.75. The highest BCUT2D eigenvalue weighted by molar-refractivity contribution is 9.10. The van der Waals surface area contributed by atoms with Crippen LogP contribution in [0.3, 0.4) is 0 Å². The Morgan fingerprint density at radius 3 is 2.85 bits per heavy atom. The van der Waals surface area contributed by atoms with Gasteiger partial charge >= 0.3 is 5.97 Å². The molecule has 1 saturated carbocycles. The van der Waals surface area contributed by atoms with Gasteiger partial charge in [0.25, 0.3) is 5.91 Å². The van der Waals surface area contributed by atoms with Crippen molar-refractivity contribution in [2.75, 3.05) is 6.61 Å². The molecular weight excluding hydrogens is 329 g/mol. The Hall–Kier alpha value is -1.43. The van der Waals surface area contributed by atoms with Gasteiger partial charge < -0.3 is 10.1 Å². The smallest absolute Gasteiger partial charge is 0.341 e. The Bertz CT molecular complexity index is 531. The van der Waals surface area contributed by atoms with Gasteiger partial charge in [-0.25, -0.2) is 9.18 Å². The van der Waals surface area contributed by atoms with Crippen LogP contribution in [0.2, 0.25) is 0 Å². The number of carbonyl (C=O) groups excluding carboxylic acids is 2. The van der Waals surface area contributed by atoms with E-state index >= 15 is 0 Å². The van der Waals surface area contributed by atoms with E-state index in [9.17, 15) is 14.0 Å². The van der Waals surface area contributed by atoms with E-state index in [0.717, 1.165) is 18.9 Å². The molecule has 6 heteroatoms. The summed E-state index contributed by atoms with van der Waals surface area (Å²) >= 11 is 3.15. The third kappa shape index (κ3) is 4.03. The number of rotatable bonds is 5. The summed E-state index contributed by atoms with van der Waals surface area (Å²) < 4.78 is 18.8. The van der Waals surface area contributed by atoms with Gasteiger partial charge in [-0.2, -0.15) is 0 Å². The highest BCUT2D eigenvalue weighted by Gasteiger charge is 2.29. The summed E-state index contributed by atoms with van der Waals surface area (Å²) in [6.45, 7) is 1.52. The van der Waals surface area contributed by atoms with Crippen molar-refractivity contribution in [3.63, 3.8) is 0 Å². The maximum Gasteiger partial charge on any atom is 0.341 e. The topological polar surface area (TPSA) is 55.4 Å². The Morgan fingerprint density at radius 1 is 1.50 bits per heavy atom. The number of halogens is 2. The first-order valence-electron chi connectivity index (χ1n) is 6.39. The van der Waals surface area contributed by atoms with Crippen LogP contribution in [0.1, 0.15) is 30.1 Å². The largest absolute Gasteiger partial charge is 0.452 e. The van der Waals surface area contributed by atoms with Crippen molar-refractivity contribution in [2.24, 2.45) is 5.92 Å². The second-order valence-corrected chi connectivity index (χ2v) is 5.81. The first-order chi connectivity index (χ1) is 9.47. The van der Waals surface area contributed by atoms with Crippen LogP contribution in [-0.4, -0.2) is 24.5 Å². The fourth-order valence-corrected chi connectivity index (χ4v) is 2.23. The van der Waals surface area contributed by atoms with Crippen molar-refractivity contribution < 1.29 is 18.7 Å². The lowest BCUT2D eigenvalue weighted by Gasteiger charge is -2.12. The number of hydrogen-bond donors (Lipinski definition) is 1. The van der Waals surface area contributed by atoms with E-state index in [1.165, 1.54) is 12.1 Å². The highest BCUT2D eigenvalue weighted by atomic mass is 79.9. The third-order valence-electron chi connectivity index (χ3n) is 3.20. The maximum atomic E-state index is 13.4. The molecule has 1 amide bonds. The molecule has 0 bridgehead atoms. The van der Waals surface area contributed by atoms with Crippen molar-refractivity contribution in [1.29, 1.82) is 0 Å². The summed E-state index contributed by atoms with van der Waals surface area (Å²) in [4.78, 5) is 23.3. The number of esters is 1. The average molecular weight is 344 g/mol. The molecule has 2 rings (SSSR count). The summed E-state index contributed by atoms with van der Waals surface area (Å²) in [5.74, 6) is -1.37. The molecule has 0 unspecified atom stereocenters. The highest BCUT2D eigenvalue weighted by Crippen LogP contribution is 2.32. The van der Waals surface area contributed by atoms with Crippen LogP contribution in [0.15, 0.2) is 22.7 Å². The summed E-state index contributed by atoms with van der Waals surface area (Å²) in [6, 6.07) is 4.05. The van der Waals surface area contributed by atoms with Crippen molar-refractivity contribution in [3.05, 3.63) is 34.1 Å². The van der Waals surface area contributed by atoms with Gasteiger partial charge in [-0.05, 0) is 43.9 Å². The second-order valence-electron chi connectivity index (χ2n) is 4.89. The van der Waals surface area contributed by atoms with Crippen LogP contribution in [0.25, 0.3) is 0 Å². The quantitative estimate of drug-likeness (QED) is 0.836. The predicted octanol–water partition coefficient (Wildman–Crippen LogP) is 2.66. The molecule has 1 atom stereocenters. The van der Waals surface area contributed by atoms with Crippen LogP contribution in [0, 0.1) is 11.7 Å². The molecule has 0 aromatic heterocycles. The summed E-state index contributed by atoms with van der Waals surface area (Å²) in [5.41, 5.74) is -0.192. The maximum absolute atomic E-state index is 13.4. The van der Waals surface area contributed by atoms with Gasteiger partial charge in [-0.3, -0.25) is 4.79 Å². The summed E-state index contributed by atoms with van der Waals surface area (Å²) in [5, 5.41) is 2.76. The van der Waals surface area contributed by atoms with Crippen LogP contribution < -0.4 is 5.32 Å². The fraction of sp³-hybridized carbons (Fsp3) is 0.429. The minimum absolute atomic E-state index is 0.0869. The Balaban J connectivity index is 1.85. The van der Waals surface area contributed by atoms with E-state index in [0.29, 0.717) is 10.4 Å². The summed E-state index contributed by atoms with van der Waals surface area (Å²) in [7, 11) is 0. The molecule has 4 nitrogen and oxygen atoms in total. The lowest BCUT2D eigenvalue weighted by molar-refractivity contribution is -0.125. The van der Waals surface area contributed by atoms with Gasteiger partial charge in [0.15, 0.2) is 6.61 Å². The van der Waals surface area contributed by atoms with Gasteiger partial charge in [-0.15, -0.1) is 0 Å². The SMILES string of the molecule is C[C@H](NC(=O)COC(=O)c1cc(Br)ccc1F)C1CC1. The molecule has 0 heterocycles. The van der Waals surface area contributed by atoms with E-state index in [-0.39, 0.29) is 17.5 Å². The first kappa shape index (κ1) is 15.0. The van der Waals surface area contributed by atoms with Crippen LogP contribution in [0.4, 0.5) is 4.39 Å². The van der Waals surface area contributed by atoms with E-state index in [1.807, 2.05) is 6.92 Å². The first-order valence-corrected chi connectivity index (χ1v) is 7.18. The lowest BCUT2D eigenvalue weighted by Crippen LogP contribution is -2.37. The van der Waals surface area contributed by atoms with E-state index in [4.69, 9.17) is 4.74 Å². The van der Waals surface area contributed by atoms with Crippen LogP contribution in [-0.2, 0) is 9.53 Å². The van der Waals surface area contributed by atoms with Crippen molar-refractivity contribution in [2.45, 2.75) is 25.8 Å². The van der Waals surface area contributed by atoms with Gasteiger partial charge in [0, 0.05) is 10.5 Å². The second kappa shape index (κ2) is 6.35. The zero-order chi connectivity index (χ0) is 14.7. The molecule has 0 spiro atoms. The average Bonchev–Trinajstić information content (AvgIpc) is 3.23. The minimum Gasteiger partial charge on any atom is -0.452 e. The van der Waals surface area contributed by atoms with E-state index < -0.39 is 18.4 Å². The van der Waals surface area contributed by atoms with Crippen molar-refractivity contribution >= 4 is 27.8 Å². The molecule has 1 aromatic rings. The molecule has 0 saturated heterocycles. The molecule has 108 valence electrons. The summed E-state index contributed by atoms with van der Waals surface area (Å²) in [6.07, 6.45) is 2.23. The predicted molar refractivity (Wildman–Crippen MR) is 74.7 cm³/mol. The number of carbonyl (C=O) groups is 2. The number of ether oxygens (including phenoxy) is 1. The molecular formula is C14H15BrFNO3. The molecule has 0 radical (unpaired) electrons. The number of hydrogen-bond acceptors (Lipinski definition) is 3. The molecule has 1 aromatic carbocycles. The normalized spacial score (nSPS) is 15.6. The van der Waals surface area contributed by atoms with E-state index in [2.05, 4.69) is 21.2 Å². The zero-order valence-electron chi connectivity index (χ0n) is 11.0. The van der Waals surface area contributed by atoms with E-state index in [1.54, 1.807) is 0 Å². The van der Waals surface area contributed by atoms with Gasteiger partial charge in [0.2, 0.25) is 0 Å². The van der Waals surface area contributed by atoms with Crippen molar-refractivity contribution in [3.8, 4) is 0 Å². The fourth-order valence-electron chi connectivity index (χ4n) is 1.87. The molecule has 1 N–H and O–H groups in total. The zero-order valence-corrected chi connectivity index (χ0v) is 12.6. The third-order valence-corrected chi connectivity index (χ3v) is 3.69. The monoisotopic (exact) mass is 343 g/mol. The van der Waals surface area contributed by atoms with Crippen LogP contribution >= 0.6 is 15.9 Å². The molecule has 1 aliphatic rings. The molecule has 0 aliphatic heterocycles. The van der Waals surface area contributed by atoms with Crippen molar-refractivity contribution in [1.82, 2.24) is 5.32 Å². The molecule has 1 aliphatic carbocycles.